The Bertz CT molecular complexity index is 747. The van der Waals surface area contributed by atoms with Crippen molar-refractivity contribution in [3.63, 3.8) is 0 Å². The van der Waals surface area contributed by atoms with E-state index in [0.717, 1.165) is 11.8 Å². The maximum Gasteiger partial charge on any atom is 0.253 e. The zero-order valence-electron chi connectivity index (χ0n) is 12.8. The van der Waals surface area contributed by atoms with Gasteiger partial charge in [-0.2, -0.15) is 0 Å². The second-order valence-electron chi connectivity index (χ2n) is 4.65. The number of nitrogens with two attached hydrogens (primary N) is 1. The number of thioether (sulfide) groups is 1. The van der Waals surface area contributed by atoms with Gasteiger partial charge in [0, 0.05) is 6.07 Å². The topological polar surface area (TPSA) is 110 Å². The molecule has 2 aromatic rings. The van der Waals surface area contributed by atoms with Crippen molar-refractivity contribution in [1.82, 2.24) is 9.97 Å². The molecule has 1 atom stereocenters. The number of hydrogen-bond donors (Lipinski definition) is 3. The van der Waals surface area contributed by atoms with Crippen LogP contribution in [0.25, 0.3) is 0 Å². The quantitative estimate of drug-likeness (QED) is 0.549. The zero-order chi connectivity index (χ0) is 16.8. The number of H-pyrrole nitrogens is 1. The number of nitrogen functional groups attached to an aromatic ring is 1. The molecule has 0 aliphatic heterocycles. The van der Waals surface area contributed by atoms with Crippen LogP contribution >= 0.6 is 11.8 Å². The number of nitrogens with zero attached hydrogens (tertiary/aromatic N) is 1. The Morgan fingerprint density at radius 3 is 2.91 bits per heavy atom. The lowest BCUT2D eigenvalue weighted by atomic mass is 10.3. The minimum Gasteiger partial charge on any atom is -0.492 e. The summed E-state index contributed by atoms with van der Waals surface area (Å²) in [6.07, 6.45) is 0. The van der Waals surface area contributed by atoms with E-state index in [1.54, 1.807) is 19.1 Å². The molecule has 4 N–H and O–H groups in total. The first kappa shape index (κ1) is 16.9. The zero-order valence-corrected chi connectivity index (χ0v) is 13.6. The van der Waals surface area contributed by atoms with Crippen LogP contribution < -0.4 is 21.3 Å². The van der Waals surface area contributed by atoms with Gasteiger partial charge in [-0.3, -0.25) is 9.59 Å². The number of rotatable bonds is 6. The first-order valence-corrected chi connectivity index (χ1v) is 7.93. The van der Waals surface area contributed by atoms with Crippen molar-refractivity contribution in [3.05, 3.63) is 40.7 Å². The smallest absolute Gasteiger partial charge is 0.253 e. The van der Waals surface area contributed by atoms with Gasteiger partial charge in [0.05, 0.1) is 17.5 Å². The molecular weight excluding hydrogens is 316 g/mol. The van der Waals surface area contributed by atoms with Gasteiger partial charge in [0.1, 0.15) is 11.6 Å². The second-order valence-corrected chi connectivity index (χ2v) is 5.98. The van der Waals surface area contributed by atoms with Gasteiger partial charge in [-0.15, -0.1) is 0 Å². The Morgan fingerprint density at radius 1 is 1.48 bits per heavy atom. The highest BCUT2D eigenvalue weighted by molar-refractivity contribution is 8.00. The maximum absolute atomic E-state index is 12.3. The van der Waals surface area contributed by atoms with Crippen LogP contribution in [0.2, 0.25) is 0 Å². The number of anilines is 2. The van der Waals surface area contributed by atoms with Gasteiger partial charge in [-0.05, 0) is 26.0 Å². The number of para-hydroxylation sites is 2. The molecule has 0 spiro atoms. The Labute approximate surface area is 137 Å². The van der Waals surface area contributed by atoms with Crippen LogP contribution in [-0.2, 0) is 4.79 Å². The summed E-state index contributed by atoms with van der Waals surface area (Å²) in [4.78, 5) is 30.2. The van der Waals surface area contributed by atoms with Crippen molar-refractivity contribution in [1.29, 1.82) is 0 Å². The number of carbonyl (C=O) groups excluding carboxylic acids is 1. The lowest BCUT2D eigenvalue weighted by molar-refractivity contribution is -0.115. The van der Waals surface area contributed by atoms with Gasteiger partial charge in [0.2, 0.25) is 5.91 Å². The Hall–Kier alpha value is -2.48. The van der Waals surface area contributed by atoms with E-state index in [2.05, 4.69) is 15.3 Å². The molecule has 1 amide bonds. The molecule has 2 rings (SSSR count). The molecular formula is C15H18N4O3S. The Balaban J connectivity index is 2.07. The molecule has 7 nitrogen and oxygen atoms in total. The lowest BCUT2D eigenvalue weighted by Gasteiger charge is -2.14. The largest absolute Gasteiger partial charge is 0.492 e. The molecule has 0 saturated heterocycles. The highest BCUT2D eigenvalue weighted by Crippen LogP contribution is 2.26. The molecule has 1 heterocycles. The lowest BCUT2D eigenvalue weighted by Crippen LogP contribution is -2.23. The highest BCUT2D eigenvalue weighted by Gasteiger charge is 2.17. The molecule has 8 heteroatoms. The maximum atomic E-state index is 12.3. The summed E-state index contributed by atoms with van der Waals surface area (Å²) >= 11 is 1.12. The first-order valence-electron chi connectivity index (χ1n) is 7.05. The molecule has 0 aliphatic rings. The fraction of sp³-hybridized carbons (Fsp3) is 0.267. The summed E-state index contributed by atoms with van der Waals surface area (Å²) in [5.74, 6) is 0.494. The number of amides is 1. The summed E-state index contributed by atoms with van der Waals surface area (Å²) in [7, 11) is 0. The van der Waals surface area contributed by atoms with E-state index >= 15 is 0 Å². The number of aromatic amines is 1. The minimum absolute atomic E-state index is 0.116. The van der Waals surface area contributed by atoms with Crippen LogP contribution in [0.15, 0.2) is 40.3 Å². The number of ether oxygens (including phenoxy) is 1. The number of benzene rings is 1. The summed E-state index contributed by atoms with van der Waals surface area (Å²) < 4.78 is 5.47. The number of aromatic nitrogens is 2. The standard InChI is InChI=1S/C15H18N4O3S/c1-3-22-11-7-5-4-6-10(11)17-14(21)9(2)23-15-18-12(16)8-13(20)19-15/h4-9H,3H2,1-2H3,(H,17,21)(H3,16,18,19,20)/t9-/m0/s1. The van der Waals surface area contributed by atoms with Gasteiger partial charge in [0.25, 0.3) is 5.56 Å². The highest BCUT2D eigenvalue weighted by atomic mass is 32.2. The third-order valence-corrected chi connectivity index (χ3v) is 3.83. The number of hydrogen-bond acceptors (Lipinski definition) is 6. The van der Waals surface area contributed by atoms with E-state index in [4.69, 9.17) is 10.5 Å². The average Bonchev–Trinajstić information content (AvgIpc) is 2.48. The van der Waals surface area contributed by atoms with Crippen molar-refractivity contribution in [2.24, 2.45) is 0 Å². The third kappa shape index (κ3) is 4.75. The normalized spacial score (nSPS) is 11.7. The van der Waals surface area contributed by atoms with Gasteiger partial charge in [0.15, 0.2) is 5.16 Å². The minimum atomic E-state index is -0.477. The van der Waals surface area contributed by atoms with Crippen LogP contribution in [0, 0.1) is 0 Å². The molecule has 0 radical (unpaired) electrons. The molecule has 1 aromatic heterocycles. The monoisotopic (exact) mass is 334 g/mol. The average molecular weight is 334 g/mol. The molecule has 0 bridgehead atoms. The molecule has 0 aliphatic carbocycles. The predicted octanol–water partition coefficient (Wildman–Crippen LogP) is 1.87. The summed E-state index contributed by atoms with van der Waals surface area (Å²) in [6.45, 7) is 4.09. The fourth-order valence-electron chi connectivity index (χ4n) is 1.82. The van der Waals surface area contributed by atoms with E-state index in [9.17, 15) is 9.59 Å². The predicted molar refractivity (Wildman–Crippen MR) is 90.8 cm³/mol. The van der Waals surface area contributed by atoms with Crippen molar-refractivity contribution in [3.8, 4) is 5.75 Å². The molecule has 1 aromatic carbocycles. The van der Waals surface area contributed by atoms with Gasteiger partial charge in [-0.25, -0.2) is 4.98 Å². The van der Waals surface area contributed by atoms with E-state index in [1.165, 1.54) is 6.07 Å². The number of carbonyl (C=O) groups is 1. The van der Waals surface area contributed by atoms with Crippen molar-refractivity contribution in [2.75, 3.05) is 17.7 Å². The van der Waals surface area contributed by atoms with E-state index in [1.807, 2.05) is 19.1 Å². The van der Waals surface area contributed by atoms with Gasteiger partial charge < -0.3 is 20.8 Å². The fourth-order valence-corrected chi connectivity index (χ4v) is 2.63. The Kier molecular flexibility index (Phi) is 5.64. The molecule has 23 heavy (non-hydrogen) atoms. The summed E-state index contributed by atoms with van der Waals surface area (Å²) in [5.41, 5.74) is 5.77. The molecule has 0 fully saturated rings. The number of nitrogens with one attached hydrogen (secondary N) is 2. The van der Waals surface area contributed by atoms with Crippen molar-refractivity contribution >= 4 is 29.2 Å². The van der Waals surface area contributed by atoms with Crippen molar-refractivity contribution in [2.45, 2.75) is 24.3 Å². The van der Waals surface area contributed by atoms with Crippen LogP contribution in [-0.4, -0.2) is 27.7 Å². The van der Waals surface area contributed by atoms with Crippen LogP contribution in [0.3, 0.4) is 0 Å². The van der Waals surface area contributed by atoms with E-state index < -0.39 is 5.25 Å². The SMILES string of the molecule is CCOc1ccccc1NC(=O)[C@H](C)Sc1nc(N)cc(=O)[nH]1. The third-order valence-electron chi connectivity index (χ3n) is 2.84. The first-order chi connectivity index (χ1) is 11.0. The van der Waals surface area contributed by atoms with E-state index in [-0.39, 0.29) is 17.3 Å². The van der Waals surface area contributed by atoms with Crippen LogP contribution in [0.5, 0.6) is 5.75 Å². The second kappa shape index (κ2) is 7.68. The van der Waals surface area contributed by atoms with Crippen LogP contribution in [0.4, 0.5) is 11.5 Å². The van der Waals surface area contributed by atoms with Gasteiger partial charge in [-0.1, -0.05) is 23.9 Å². The Morgan fingerprint density at radius 2 is 2.22 bits per heavy atom. The molecule has 122 valence electrons. The van der Waals surface area contributed by atoms with Gasteiger partial charge >= 0.3 is 0 Å². The van der Waals surface area contributed by atoms with Crippen molar-refractivity contribution < 1.29 is 9.53 Å². The summed E-state index contributed by atoms with van der Waals surface area (Å²) in [6, 6.07) is 8.38. The molecule has 0 saturated carbocycles. The molecule has 0 unspecified atom stereocenters. The van der Waals surface area contributed by atoms with E-state index in [0.29, 0.717) is 23.2 Å². The van der Waals surface area contributed by atoms with Crippen LogP contribution in [0.1, 0.15) is 13.8 Å². The summed E-state index contributed by atoms with van der Waals surface area (Å²) in [5, 5.41) is 2.63.